The summed E-state index contributed by atoms with van der Waals surface area (Å²) in [4.78, 5) is 25.6. The first-order chi connectivity index (χ1) is 7.09. The number of rotatable bonds is 4. The summed E-state index contributed by atoms with van der Waals surface area (Å²) < 4.78 is 0. The lowest BCUT2D eigenvalue weighted by molar-refractivity contribution is -0.138. The summed E-state index contributed by atoms with van der Waals surface area (Å²) in [6.07, 6.45) is 2.15. The molecule has 0 aromatic rings. The molecule has 2 rings (SSSR count). The van der Waals surface area contributed by atoms with Crippen molar-refractivity contribution < 1.29 is 14.7 Å². The molecule has 1 saturated heterocycles. The van der Waals surface area contributed by atoms with E-state index in [0.717, 1.165) is 12.8 Å². The van der Waals surface area contributed by atoms with E-state index in [4.69, 9.17) is 10.8 Å². The first kappa shape index (κ1) is 10.2. The minimum atomic E-state index is -1.06. The van der Waals surface area contributed by atoms with Gasteiger partial charge >= 0.3 is 12.0 Å². The van der Waals surface area contributed by atoms with Crippen molar-refractivity contribution in [3.05, 3.63) is 0 Å². The lowest BCUT2D eigenvalue weighted by Gasteiger charge is -2.19. The Hall–Kier alpha value is -1.30. The summed E-state index contributed by atoms with van der Waals surface area (Å²) in [5, 5.41) is 8.64. The van der Waals surface area contributed by atoms with Crippen molar-refractivity contribution in [3.8, 4) is 0 Å². The van der Waals surface area contributed by atoms with Crippen LogP contribution in [0.4, 0.5) is 4.79 Å². The minimum absolute atomic E-state index is 0.0609. The Morgan fingerprint density at radius 3 is 2.73 bits per heavy atom. The van der Waals surface area contributed by atoms with Crippen molar-refractivity contribution in [2.24, 2.45) is 5.73 Å². The van der Waals surface area contributed by atoms with E-state index in [-0.39, 0.29) is 12.6 Å². The summed E-state index contributed by atoms with van der Waals surface area (Å²) in [5.41, 5.74) is 5.38. The van der Waals surface area contributed by atoms with Crippen LogP contribution in [0.5, 0.6) is 0 Å². The van der Waals surface area contributed by atoms with E-state index in [2.05, 4.69) is 0 Å². The number of carbonyl (C=O) groups excluding carboxylic acids is 1. The molecule has 0 aromatic carbocycles. The van der Waals surface area contributed by atoms with Gasteiger partial charge in [0.15, 0.2) is 0 Å². The third kappa shape index (κ3) is 2.04. The van der Waals surface area contributed by atoms with Gasteiger partial charge in [-0.3, -0.25) is 4.79 Å². The van der Waals surface area contributed by atoms with Gasteiger partial charge < -0.3 is 20.6 Å². The average Bonchev–Trinajstić information content (AvgIpc) is 2.95. The molecule has 1 heterocycles. The molecule has 84 valence electrons. The highest BCUT2D eigenvalue weighted by atomic mass is 16.4. The second-order valence-corrected chi connectivity index (χ2v) is 4.10. The lowest BCUT2D eigenvalue weighted by atomic mass is 10.3. The van der Waals surface area contributed by atoms with Crippen LogP contribution in [0.15, 0.2) is 0 Å². The maximum Gasteiger partial charge on any atom is 0.322 e. The highest BCUT2D eigenvalue weighted by Gasteiger charge is 2.39. The van der Waals surface area contributed by atoms with Crippen LogP contribution in [0.2, 0.25) is 0 Å². The molecule has 15 heavy (non-hydrogen) atoms. The fourth-order valence-electron chi connectivity index (χ4n) is 1.81. The average molecular weight is 213 g/mol. The van der Waals surface area contributed by atoms with Gasteiger partial charge in [0.1, 0.15) is 6.04 Å². The first-order valence-electron chi connectivity index (χ1n) is 5.13. The van der Waals surface area contributed by atoms with Crippen LogP contribution in [-0.2, 0) is 4.79 Å². The molecule has 2 fully saturated rings. The summed E-state index contributed by atoms with van der Waals surface area (Å²) >= 11 is 0. The summed E-state index contributed by atoms with van der Waals surface area (Å²) in [5.74, 6) is -1.06. The highest BCUT2D eigenvalue weighted by molar-refractivity contribution is 5.79. The molecule has 1 aliphatic heterocycles. The Morgan fingerprint density at radius 2 is 2.20 bits per heavy atom. The summed E-state index contributed by atoms with van der Waals surface area (Å²) in [7, 11) is 0. The number of nitrogens with zero attached hydrogens (tertiary/aromatic N) is 2. The second kappa shape index (κ2) is 3.69. The Labute approximate surface area is 87.6 Å². The highest BCUT2D eigenvalue weighted by Crippen LogP contribution is 2.29. The van der Waals surface area contributed by atoms with Crippen molar-refractivity contribution in [3.63, 3.8) is 0 Å². The van der Waals surface area contributed by atoms with Gasteiger partial charge in [-0.1, -0.05) is 0 Å². The van der Waals surface area contributed by atoms with Gasteiger partial charge in [-0.15, -0.1) is 0 Å². The molecule has 6 nitrogen and oxygen atoms in total. The van der Waals surface area contributed by atoms with E-state index in [1.165, 1.54) is 4.90 Å². The number of carboxylic acid groups (broad SMARTS) is 1. The van der Waals surface area contributed by atoms with Crippen molar-refractivity contribution in [1.29, 1.82) is 0 Å². The number of nitrogens with two attached hydrogens (primary N) is 1. The Bertz CT molecular complexity index is 290. The van der Waals surface area contributed by atoms with Gasteiger partial charge in [0.2, 0.25) is 0 Å². The van der Waals surface area contributed by atoms with E-state index < -0.39 is 12.0 Å². The van der Waals surface area contributed by atoms with Crippen LogP contribution in [0, 0.1) is 0 Å². The third-order valence-corrected chi connectivity index (χ3v) is 2.85. The van der Waals surface area contributed by atoms with Gasteiger partial charge in [-0.05, 0) is 12.8 Å². The molecule has 0 bridgehead atoms. The van der Waals surface area contributed by atoms with E-state index >= 15 is 0 Å². The van der Waals surface area contributed by atoms with E-state index in [1.54, 1.807) is 0 Å². The standard InChI is InChI=1S/C9H15N3O3/c10-7(8(13)14)5-11-3-4-12(9(11)15)6-1-2-6/h6-7H,1-5,10H2,(H,13,14). The maximum absolute atomic E-state index is 11.7. The molecular weight excluding hydrogens is 198 g/mol. The number of hydrogen-bond acceptors (Lipinski definition) is 3. The predicted molar refractivity (Wildman–Crippen MR) is 52.3 cm³/mol. The molecule has 1 unspecified atom stereocenters. The first-order valence-corrected chi connectivity index (χ1v) is 5.13. The molecule has 0 aromatic heterocycles. The predicted octanol–water partition coefficient (Wildman–Crippen LogP) is -0.702. The topological polar surface area (TPSA) is 86.9 Å². The monoisotopic (exact) mass is 213 g/mol. The molecule has 1 aliphatic carbocycles. The van der Waals surface area contributed by atoms with Crippen molar-refractivity contribution in [1.82, 2.24) is 9.80 Å². The fraction of sp³-hybridized carbons (Fsp3) is 0.778. The summed E-state index contributed by atoms with van der Waals surface area (Å²) in [6, 6.07) is -0.647. The van der Waals surface area contributed by atoms with Gasteiger partial charge in [-0.25, -0.2) is 4.79 Å². The summed E-state index contributed by atoms with van der Waals surface area (Å²) in [6.45, 7) is 1.41. The van der Waals surface area contributed by atoms with Crippen molar-refractivity contribution in [2.45, 2.75) is 24.9 Å². The second-order valence-electron chi connectivity index (χ2n) is 4.10. The quantitative estimate of drug-likeness (QED) is 0.646. The molecule has 1 saturated carbocycles. The number of carbonyl (C=O) groups is 2. The molecule has 2 amide bonds. The van der Waals surface area contributed by atoms with Crippen LogP contribution in [0.3, 0.4) is 0 Å². The van der Waals surface area contributed by atoms with Gasteiger partial charge in [0.25, 0.3) is 0 Å². The molecule has 0 radical (unpaired) electrons. The largest absolute Gasteiger partial charge is 0.480 e. The SMILES string of the molecule is NC(CN1CCN(C2CC2)C1=O)C(=O)O. The normalized spacial score (nSPS) is 23.4. The molecule has 1 atom stereocenters. The van der Waals surface area contributed by atoms with Crippen LogP contribution < -0.4 is 5.73 Å². The molecule has 0 spiro atoms. The van der Waals surface area contributed by atoms with Crippen LogP contribution in [0.1, 0.15) is 12.8 Å². The van der Waals surface area contributed by atoms with Crippen molar-refractivity contribution >= 4 is 12.0 Å². The molecular formula is C9H15N3O3. The van der Waals surface area contributed by atoms with Crippen molar-refractivity contribution in [2.75, 3.05) is 19.6 Å². The molecule has 3 N–H and O–H groups in total. The molecule has 2 aliphatic rings. The number of amides is 2. The smallest absolute Gasteiger partial charge is 0.322 e. The zero-order valence-electron chi connectivity index (χ0n) is 8.43. The zero-order chi connectivity index (χ0) is 11.0. The van der Waals surface area contributed by atoms with Crippen LogP contribution in [-0.4, -0.2) is 58.6 Å². The van der Waals surface area contributed by atoms with Gasteiger partial charge in [0, 0.05) is 25.7 Å². The van der Waals surface area contributed by atoms with Gasteiger partial charge in [0.05, 0.1) is 0 Å². The van der Waals surface area contributed by atoms with Crippen LogP contribution >= 0.6 is 0 Å². The van der Waals surface area contributed by atoms with Crippen LogP contribution in [0.25, 0.3) is 0 Å². The molecule has 6 heteroatoms. The third-order valence-electron chi connectivity index (χ3n) is 2.85. The fourth-order valence-corrected chi connectivity index (χ4v) is 1.81. The van der Waals surface area contributed by atoms with E-state index in [0.29, 0.717) is 19.1 Å². The number of hydrogen-bond donors (Lipinski definition) is 2. The van der Waals surface area contributed by atoms with E-state index in [9.17, 15) is 9.59 Å². The Balaban J connectivity index is 1.89. The van der Waals surface area contributed by atoms with E-state index in [1.807, 2.05) is 4.90 Å². The Morgan fingerprint density at radius 1 is 1.53 bits per heavy atom. The maximum atomic E-state index is 11.7. The number of aliphatic carboxylic acids is 1. The Kier molecular flexibility index (Phi) is 2.52. The lowest BCUT2D eigenvalue weighted by Crippen LogP contribution is -2.44. The zero-order valence-corrected chi connectivity index (χ0v) is 8.43. The van der Waals surface area contributed by atoms with Gasteiger partial charge in [-0.2, -0.15) is 0 Å². The number of urea groups is 1. The minimum Gasteiger partial charge on any atom is -0.480 e. The number of carboxylic acids is 1.